The number of fused-ring (bicyclic) bond motifs is 5. The minimum Gasteiger partial charge on any atom is -0.515 e. The molecule has 11 heteroatoms. The largest absolute Gasteiger partial charge is 0.515 e. The van der Waals surface area contributed by atoms with Crippen LogP contribution in [0.3, 0.4) is 0 Å². The molecule has 0 aromatic rings. The number of ketones is 1. The summed E-state index contributed by atoms with van der Waals surface area (Å²) in [6.07, 6.45) is 9.37. The maximum atomic E-state index is 14.5. The van der Waals surface area contributed by atoms with Crippen molar-refractivity contribution in [1.82, 2.24) is 5.32 Å². The van der Waals surface area contributed by atoms with Gasteiger partial charge in [-0.05, 0) is 61.6 Å². The van der Waals surface area contributed by atoms with Gasteiger partial charge >= 0.3 is 11.9 Å². The summed E-state index contributed by atoms with van der Waals surface area (Å²) < 4.78 is 16.1. The van der Waals surface area contributed by atoms with E-state index in [4.69, 9.17) is 29.2 Å². The predicted octanol–water partition coefficient (Wildman–Crippen LogP) is 5.14. The zero-order valence-electron chi connectivity index (χ0n) is 28.1. The van der Waals surface area contributed by atoms with E-state index in [0.29, 0.717) is 63.9 Å². The van der Waals surface area contributed by atoms with Crippen molar-refractivity contribution >= 4 is 34.9 Å². The number of ether oxygens (including phenoxy) is 3. The van der Waals surface area contributed by atoms with E-state index in [-0.39, 0.29) is 35.4 Å². The summed E-state index contributed by atoms with van der Waals surface area (Å²) in [5, 5.41) is 13.9. The summed E-state index contributed by atoms with van der Waals surface area (Å²) in [5.41, 5.74) is 6.49. The zero-order valence-corrected chi connectivity index (χ0v) is 28.1. The van der Waals surface area contributed by atoms with Gasteiger partial charge in [0.1, 0.15) is 0 Å². The van der Waals surface area contributed by atoms with Gasteiger partial charge in [0.05, 0.1) is 60.3 Å². The average molecular weight is 651 g/mol. The minimum atomic E-state index is -2.13. The van der Waals surface area contributed by atoms with Crippen LogP contribution in [0.15, 0.2) is 120 Å². The first-order valence-corrected chi connectivity index (χ1v) is 15.8. The van der Waals surface area contributed by atoms with Crippen molar-refractivity contribution in [2.75, 3.05) is 21.3 Å². The van der Waals surface area contributed by atoms with Gasteiger partial charge in [-0.1, -0.05) is 26.5 Å². The third-order valence-electron chi connectivity index (χ3n) is 10.0. The van der Waals surface area contributed by atoms with Crippen molar-refractivity contribution < 1.29 is 33.7 Å². The Labute approximate surface area is 278 Å². The average Bonchev–Trinajstić information content (AvgIpc) is 3.82. The van der Waals surface area contributed by atoms with Gasteiger partial charge in [0.2, 0.25) is 5.78 Å². The molecule has 6 rings (SSSR count). The Morgan fingerprint density at radius 3 is 2.42 bits per heavy atom. The summed E-state index contributed by atoms with van der Waals surface area (Å²) in [4.78, 5) is 55.4. The highest BCUT2D eigenvalue weighted by molar-refractivity contribution is 6.46. The number of hydrogen-bond donors (Lipinski definition) is 2. The monoisotopic (exact) mass is 650 g/mol. The smallest absolute Gasteiger partial charge is 0.351 e. The lowest BCUT2D eigenvalue weighted by Gasteiger charge is -2.27. The second-order valence-corrected chi connectivity index (χ2v) is 12.2. The van der Waals surface area contributed by atoms with E-state index in [9.17, 15) is 19.5 Å². The van der Waals surface area contributed by atoms with E-state index in [0.717, 1.165) is 28.7 Å². The molecular formula is C37H38N4O7. The Kier molecular flexibility index (Phi) is 8.28. The predicted molar refractivity (Wildman–Crippen MR) is 181 cm³/mol. The zero-order chi connectivity index (χ0) is 34.7. The lowest BCUT2D eigenvalue weighted by molar-refractivity contribution is -0.164. The highest BCUT2D eigenvalue weighted by Crippen LogP contribution is 2.50. The lowest BCUT2D eigenvalue weighted by Crippen LogP contribution is -2.49. The van der Waals surface area contributed by atoms with Gasteiger partial charge in [-0.2, -0.15) is 0 Å². The number of nitrogens with one attached hydrogen (secondary N) is 1. The summed E-state index contributed by atoms with van der Waals surface area (Å²) in [6.45, 7) is 11.7. The maximum absolute atomic E-state index is 14.5. The number of aliphatic hydroxyl groups is 1. The fraction of sp³-hybridized carbons (Fsp3) is 0.351. The number of methoxy groups -OCH3 is 3. The topological polar surface area (TPSA) is 148 Å². The van der Waals surface area contributed by atoms with Crippen molar-refractivity contribution in [2.45, 2.75) is 52.6 Å². The number of carbonyl (C=O) groups excluding carboxylic acids is 3. The van der Waals surface area contributed by atoms with E-state index in [2.05, 4.69) is 11.9 Å². The molecule has 48 heavy (non-hydrogen) atoms. The summed E-state index contributed by atoms with van der Waals surface area (Å²) in [6, 6.07) is 0. The van der Waals surface area contributed by atoms with E-state index >= 15 is 0 Å². The van der Waals surface area contributed by atoms with Gasteiger partial charge in [-0.3, -0.25) is 9.59 Å². The standard InChI is InChI=1S/C37H38N4O7/c1-9-20-17(3)24-13-25-18(4)22(11-12-30(43)46-6)33(40-25)32-34-31(35(44)37(32,48-8)36(45)47-7)19(5)26(41-34)14-28-21(10-2)23(16-42)29(39-28)15-27(20)38-24/h9,13-16,18,22,40,42H,1,10-12H2,2-8H3/t18-,22-,37+/m0/s1. The second kappa shape index (κ2) is 12.1. The molecule has 0 aromatic heterocycles. The third kappa shape index (κ3) is 4.59. The molecule has 0 spiro atoms. The van der Waals surface area contributed by atoms with Gasteiger partial charge in [-0.15, -0.1) is 0 Å². The molecule has 5 aliphatic heterocycles. The van der Waals surface area contributed by atoms with Crippen LogP contribution in [0.4, 0.5) is 0 Å². The molecule has 2 N–H and O–H groups in total. The second-order valence-electron chi connectivity index (χ2n) is 12.2. The number of hydrogen-bond acceptors (Lipinski definition) is 11. The van der Waals surface area contributed by atoms with Crippen molar-refractivity contribution in [3.8, 4) is 0 Å². The molecule has 1 saturated heterocycles. The van der Waals surface area contributed by atoms with E-state index in [1.165, 1.54) is 21.3 Å². The number of nitrogens with zero attached hydrogens (tertiary/aromatic N) is 3. The highest BCUT2D eigenvalue weighted by Gasteiger charge is 2.63. The van der Waals surface area contributed by atoms with Gasteiger partial charge in [0.15, 0.2) is 0 Å². The maximum Gasteiger partial charge on any atom is 0.351 e. The fourth-order valence-electron chi connectivity index (χ4n) is 7.38. The van der Waals surface area contributed by atoms with Crippen LogP contribution in [0.1, 0.15) is 47.0 Å². The molecule has 0 unspecified atom stereocenters. The molecule has 3 atom stereocenters. The van der Waals surface area contributed by atoms with Gasteiger partial charge in [-0.25, -0.2) is 19.8 Å². The number of aliphatic imine (C=N–C) groups is 3. The van der Waals surface area contributed by atoms with Gasteiger partial charge in [0.25, 0.3) is 5.60 Å². The minimum absolute atomic E-state index is 0.102. The molecule has 1 saturated carbocycles. The molecule has 1 aliphatic carbocycles. The van der Waals surface area contributed by atoms with Crippen molar-refractivity contribution in [2.24, 2.45) is 26.8 Å². The number of rotatable bonds is 7. The van der Waals surface area contributed by atoms with Crippen molar-refractivity contribution in [3.63, 3.8) is 0 Å². The number of Topliss-reactive ketones (excluding diaryl/α,β-unsaturated/α-hetero) is 1. The summed E-state index contributed by atoms with van der Waals surface area (Å²) in [7, 11) is 3.85. The van der Waals surface area contributed by atoms with Crippen LogP contribution in [0.5, 0.6) is 0 Å². The van der Waals surface area contributed by atoms with Gasteiger partial charge in [0, 0.05) is 53.5 Å². The third-order valence-corrected chi connectivity index (χ3v) is 10.0. The summed E-state index contributed by atoms with van der Waals surface area (Å²) >= 11 is 0. The van der Waals surface area contributed by atoms with Crippen molar-refractivity contribution in [3.05, 3.63) is 105 Å². The summed E-state index contributed by atoms with van der Waals surface area (Å²) in [5.74, 6) is -2.42. The van der Waals surface area contributed by atoms with Crippen LogP contribution in [0, 0.1) is 11.8 Å². The van der Waals surface area contributed by atoms with Gasteiger partial charge < -0.3 is 24.6 Å². The first-order valence-electron chi connectivity index (χ1n) is 15.8. The Morgan fingerprint density at radius 2 is 1.79 bits per heavy atom. The van der Waals surface area contributed by atoms with Crippen LogP contribution in [-0.4, -0.2) is 66.9 Å². The Balaban J connectivity index is 1.72. The Bertz CT molecular complexity index is 1960. The molecule has 0 aromatic carbocycles. The Morgan fingerprint density at radius 1 is 1.04 bits per heavy atom. The Hall–Kier alpha value is -5.16. The molecular weight excluding hydrogens is 612 g/mol. The number of carbonyl (C=O) groups is 3. The number of aliphatic hydroxyl groups excluding tert-OH is 1. The lowest BCUT2D eigenvalue weighted by atomic mass is 9.83. The molecule has 248 valence electrons. The van der Waals surface area contributed by atoms with Crippen LogP contribution in [0.2, 0.25) is 0 Å². The van der Waals surface area contributed by atoms with Crippen molar-refractivity contribution in [1.29, 1.82) is 0 Å². The molecule has 2 fully saturated rings. The molecule has 6 aliphatic rings. The van der Waals surface area contributed by atoms with Crippen LogP contribution in [0.25, 0.3) is 0 Å². The van der Waals surface area contributed by atoms with Crippen LogP contribution < -0.4 is 5.32 Å². The quantitative estimate of drug-likeness (QED) is 0.219. The first kappa shape index (κ1) is 32.8. The fourth-order valence-corrected chi connectivity index (χ4v) is 7.38. The molecule has 5 heterocycles. The first-order chi connectivity index (χ1) is 23.0. The highest BCUT2D eigenvalue weighted by atomic mass is 16.6. The molecule has 8 bridgehead atoms. The van der Waals surface area contributed by atoms with E-state index < -0.39 is 17.4 Å². The van der Waals surface area contributed by atoms with E-state index in [1.54, 1.807) is 19.1 Å². The van der Waals surface area contributed by atoms with E-state index in [1.807, 2.05) is 32.9 Å². The van der Waals surface area contributed by atoms with Crippen LogP contribution in [-0.2, 0) is 28.6 Å². The molecule has 0 radical (unpaired) electrons. The number of allylic oxidation sites excluding steroid dienone is 10. The molecule has 11 nitrogen and oxygen atoms in total. The van der Waals surface area contributed by atoms with Crippen LogP contribution >= 0.6 is 0 Å². The normalized spacial score (nSPS) is 26.8. The molecule has 0 amide bonds. The number of esters is 2. The SMILES string of the molecule is C=CC1=C(C)C2=NC1=CC1=NC(=C(CC)C1=CO)C=C1N=C3C(=C1C)C(=O)[C@@](OC)(C(=O)OC)C3=C1NC(=C2)[C@@H](C)[C@@H]1CCC(=O)OC.